The Labute approximate surface area is 94.2 Å². The lowest BCUT2D eigenvalue weighted by molar-refractivity contribution is -0.119. The summed E-state index contributed by atoms with van der Waals surface area (Å²) in [5.41, 5.74) is 0. The van der Waals surface area contributed by atoms with Gasteiger partial charge in [-0.3, -0.25) is 4.79 Å². The molecule has 3 heteroatoms. The van der Waals surface area contributed by atoms with Gasteiger partial charge in [0.2, 0.25) is 5.91 Å². The second-order valence-electron chi connectivity index (χ2n) is 4.47. The van der Waals surface area contributed by atoms with Gasteiger partial charge in [0.1, 0.15) is 0 Å². The molecule has 0 radical (unpaired) electrons. The van der Waals surface area contributed by atoms with Gasteiger partial charge in [0.25, 0.3) is 0 Å². The summed E-state index contributed by atoms with van der Waals surface area (Å²) in [6.45, 7) is 12.6. The van der Waals surface area contributed by atoms with E-state index < -0.39 is 0 Å². The highest BCUT2D eigenvalue weighted by Crippen LogP contribution is 2.04. The summed E-state index contributed by atoms with van der Waals surface area (Å²) in [5, 5.41) is 2.71. The van der Waals surface area contributed by atoms with Gasteiger partial charge in [0, 0.05) is 13.5 Å². The van der Waals surface area contributed by atoms with E-state index in [2.05, 4.69) is 31.0 Å². The van der Waals surface area contributed by atoms with Gasteiger partial charge in [-0.15, -0.1) is 0 Å². The van der Waals surface area contributed by atoms with Gasteiger partial charge in [0.15, 0.2) is 0 Å². The number of nitrogens with zero attached hydrogens (tertiary/aromatic N) is 1. The number of carbonyl (C=O) groups excluding carboxylic acids is 1. The monoisotopic (exact) mass is 214 g/mol. The molecule has 1 heterocycles. The van der Waals surface area contributed by atoms with Crippen molar-refractivity contribution in [1.82, 2.24) is 10.2 Å². The lowest BCUT2D eigenvalue weighted by Gasteiger charge is -2.08. The maximum Gasteiger partial charge on any atom is 0.216 e. The van der Waals surface area contributed by atoms with Crippen molar-refractivity contribution in [2.75, 3.05) is 26.2 Å². The zero-order chi connectivity index (χ0) is 11.7. The smallest absolute Gasteiger partial charge is 0.216 e. The molecule has 0 bridgehead atoms. The van der Waals surface area contributed by atoms with Gasteiger partial charge in [-0.2, -0.15) is 0 Å². The summed E-state index contributed by atoms with van der Waals surface area (Å²) in [4.78, 5) is 12.7. The van der Waals surface area contributed by atoms with Crippen molar-refractivity contribution in [2.24, 2.45) is 5.92 Å². The standard InChI is InChI=1S/C6H13NO.C6H13N/c1-5(2)4-7-6(3)8;1-2-7-5-3-4-6-7/h5H,4H2,1-3H3,(H,7,8);2-6H2,1H3. The summed E-state index contributed by atoms with van der Waals surface area (Å²) in [6, 6.07) is 0. The Balaban J connectivity index is 0.000000262. The molecule has 1 aliphatic rings. The van der Waals surface area contributed by atoms with Crippen molar-refractivity contribution >= 4 is 5.91 Å². The first kappa shape index (κ1) is 14.4. The normalized spacial score (nSPS) is 16.1. The lowest BCUT2D eigenvalue weighted by Crippen LogP contribution is -2.24. The summed E-state index contributed by atoms with van der Waals surface area (Å²) in [7, 11) is 0. The van der Waals surface area contributed by atoms with Gasteiger partial charge >= 0.3 is 0 Å². The van der Waals surface area contributed by atoms with Crippen molar-refractivity contribution in [1.29, 1.82) is 0 Å². The van der Waals surface area contributed by atoms with Crippen molar-refractivity contribution in [3.05, 3.63) is 0 Å². The van der Waals surface area contributed by atoms with Crippen LogP contribution in [0.1, 0.15) is 40.5 Å². The second-order valence-corrected chi connectivity index (χ2v) is 4.47. The van der Waals surface area contributed by atoms with Crippen molar-refractivity contribution < 1.29 is 4.79 Å². The number of nitrogens with one attached hydrogen (secondary N) is 1. The zero-order valence-corrected chi connectivity index (χ0v) is 10.7. The molecule has 0 saturated carbocycles. The van der Waals surface area contributed by atoms with Crippen LogP contribution in [0.5, 0.6) is 0 Å². The molecule has 0 atom stereocenters. The van der Waals surface area contributed by atoms with Crippen LogP contribution in [0, 0.1) is 5.92 Å². The van der Waals surface area contributed by atoms with E-state index in [1.54, 1.807) is 0 Å². The van der Waals surface area contributed by atoms with Crippen LogP contribution in [0.15, 0.2) is 0 Å². The Morgan fingerprint density at radius 2 is 1.87 bits per heavy atom. The third-order valence-corrected chi connectivity index (χ3v) is 2.41. The second kappa shape index (κ2) is 8.72. The van der Waals surface area contributed by atoms with E-state index in [1.807, 2.05) is 0 Å². The molecule has 0 aromatic rings. The fourth-order valence-corrected chi connectivity index (χ4v) is 1.45. The predicted octanol–water partition coefficient (Wildman–Crippen LogP) is 1.88. The molecule has 0 aliphatic carbocycles. The molecule has 0 aromatic heterocycles. The van der Waals surface area contributed by atoms with Crippen LogP contribution >= 0.6 is 0 Å². The molecular weight excluding hydrogens is 188 g/mol. The van der Waals surface area contributed by atoms with Crippen LogP contribution in [0.2, 0.25) is 0 Å². The SMILES string of the molecule is CC(=O)NCC(C)C.CCN1CCCC1. The average Bonchev–Trinajstić information content (AvgIpc) is 2.68. The number of likely N-dealkylation sites (tertiary alicyclic amines) is 1. The number of hydrogen-bond donors (Lipinski definition) is 1. The molecule has 1 saturated heterocycles. The van der Waals surface area contributed by atoms with E-state index in [4.69, 9.17) is 0 Å². The van der Waals surface area contributed by atoms with E-state index >= 15 is 0 Å². The molecule has 3 nitrogen and oxygen atoms in total. The van der Waals surface area contributed by atoms with E-state index in [-0.39, 0.29) is 5.91 Å². The van der Waals surface area contributed by atoms with E-state index in [0.29, 0.717) is 5.92 Å². The summed E-state index contributed by atoms with van der Waals surface area (Å²) < 4.78 is 0. The third kappa shape index (κ3) is 9.73. The quantitative estimate of drug-likeness (QED) is 0.778. The third-order valence-electron chi connectivity index (χ3n) is 2.41. The maximum atomic E-state index is 10.2. The van der Waals surface area contributed by atoms with E-state index in [1.165, 1.54) is 39.4 Å². The molecule has 1 fully saturated rings. The van der Waals surface area contributed by atoms with Gasteiger partial charge in [-0.1, -0.05) is 20.8 Å². The molecule has 15 heavy (non-hydrogen) atoms. The highest BCUT2D eigenvalue weighted by atomic mass is 16.1. The van der Waals surface area contributed by atoms with Gasteiger partial charge in [0.05, 0.1) is 0 Å². The van der Waals surface area contributed by atoms with Gasteiger partial charge in [-0.25, -0.2) is 0 Å². The fraction of sp³-hybridized carbons (Fsp3) is 0.917. The van der Waals surface area contributed by atoms with Crippen molar-refractivity contribution in [3.63, 3.8) is 0 Å². The molecule has 1 rings (SSSR count). The zero-order valence-electron chi connectivity index (χ0n) is 10.7. The first-order valence-corrected chi connectivity index (χ1v) is 6.03. The fourth-order valence-electron chi connectivity index (χ4n) is 1.45. The molecule has 0 spiro atoms. The molecule has 0 unspecified atom stereocenters. The first-order valence-electron chi connectivity index (χ1n) is 6.03. The highest BCUT2D eigenvalue weighted by Gasteiger charge is 2.06. The van der Waals surface area contributed by atoms with Crippen LogP contribution in [0.4, 0.5) is 0 Å². The Kier molecular flexibility index (Phi) is 8.38. The largest absolute Gasteiger partial charge is 0.356 e. The molecule has 1 N–H and O–H groups in total. The van der Waals surface area contributed by atoms with Crippen molar-refractivity contribution in [2.45, 2.75) is 40.5 Å². The minimum absolute atomic E-state index is 0.0544. The van der Waals surface area contributed by atoms with Gasteiger partial charge < -0.3 is 10.2 Å². The van der Waals surface area contributed by atoms with Crippen LogP contribution in [0.3, 0.4) is 0 Å². The Morgan fingerprint density at radius 3 is 2.07 bits per heavy atom. The highest BCUT2D eigenvalue weighted by molar-refractivity contribution is 5.72. The minimum atomic E-state index is 0.0544. The molecule has 1 aliphatic heterocycles. The van der Waals surface area contributed by atoms with E-state index in [0.717, 1.165) is 6.54 Å². The van der Waals surface area contributed by atoms with Crippen molar-refractivity contribution in [3.8, 4) is 0 Å². The molecular formula is C12H26N2O. The molecule has 90 valence electrons. The average molecular weight is 214 g/mol. The first-order chi connectivity index (χ1) is 7.06. The maximum absolute atomic E-state index is 10.2. The Bertz CT molecular complexity index is 163. The van der Waals surface area contributed by atoms with Gasteiger partial charge in [-0.05, 0) is 38.4 Å². The van der Waals surface area contributed by atoms with Crippen LogP contribution in [0.25, 0.3) is 0 Å². The molecule has 0 aromatic carbocycles. The summed E-state index contributed by atoms with van der Waals surface area (Å²) >= 11 is 0. The lowest BCUT2D eigenvalue weighted by atomic mass is 10.2. The van der Waals surface area contributed by atoms with Crippen LogP contribution in [-0.2, 0) is 4.79 Å². The number of rotatable bonds is 3. The number of carbonyl (C=O) groups is 1. The minimum Gasteiger partial charge on any atom is -0.356 e. The number of amides is 1. The van der Waals surface area contributed by atoms with E-state index in [9.17, 15) is 4.79 Å². The van der Waals surface area contributed by atoms with Crippen LogP contribution in [-0.4, -0.2) is 37.0 Å². The molecule has 1 amide bonds. The Hall–Kier alpha value is -0.570. The number of hydrogen-bond acceptors (Lipinski definition) is 2. The topological polar surface area (TPSA) is 32.3 Å². The summed E-state index contributed by atoms with van der Waals surface area (Å²) in [5.74, 6) is 0.609. The predicted molar refractivity (Wildman–Crippen MR) is 64.9 cm³/mol. The Morgan fingerprint density at radius 1 is 1.33 bits per heavy atom. The summed E-state index contributed by atoms with van der Waals surface area (Å²) in [6.07, 6.45) is 2.85. The van der Waals surface area contributed by atoms with Crippen LogP contribution < -0.4 is 5.32 Å².